The lowest BCUT2D eigenvalue weighted by atomic mass is 9.83. The Morgan fingerprint density at radius 2 is 1.59 bits per heavy atom. The molecule has 7 heteroatoms. The molecule has 2 N–H and O–H groups in total. The molecule has 2 aliphatic rings. The van der Waals surface area contributed by atoms with Crippen LogP contribution in [0.3, 0.4) is 0 Å². The minimum Gasteiger partial charge on any atom is -0.382 e. The zero-order chi connectivity index (χ0) is 33.3. The highest BCUT2D eigenvalue weighted by Gasteiger charge is 2.45. The molecule has 6 nitrogen and oxygen atoms in total. The van der Waals surface area contributed by atoms with Crippen molar-refractivity contribution in [1.29, 1.82) is 0 Å². The summed E-state index contributed by atoms with van der Waals surface area (Å²) in [6.45, 7) is 17.2. The molecule has 3 aromatic rings. The van der Waals surface area contributed by atoms with E-state index in [1.165, 1.54) is 35.4 Å². The number of nitrogens with one attached hydrogen (secondary N) is 2. The molecule has 0 bridgehead atoms. The molecule has 1 aromatic heterocycles. The van der Waals surface area contributed by atoms with Crippen molar-refractivity contribution in [3.8, 4) is 11.3 Å². The highest BCUT2D eigenvalue weighted by atomic mass is 32.1. The third kappa shape index (κ3) is 8.40. The number of benzene rings is 2. The van der Waals surface area contributed by atoms with Crippen molar-refractivity contribution in [2.45, 2.75) is 111 Å². The third-order valence-electron chi connectivity index (χ3n) is 9.67. The second kappa shape index (κ2) is 16.1. The van der Waals surface area contributed by atoms with Gasteiger partial charge in [0.05, 0.1) is 11.6 Å². The molecule has 2 fully saturated rings. The minimum atomic E-state index is -0.432. The topological polar surface area (TPSA) is 58.5 Å². The van der Waals surface area contributed by atoms with Crippen LogP contribution in [0.5, 0.6) is 0 Å². The van der Waals surface area contributed by atoms with Crippen LogP contribution < -0.4 is 10.6 Å². The summed E-state index contributed by atoms with van der Waals surface area (Å²) in [5.74, 6) is 0.123. The van der Waals surface area contributed by atoms with Crippen LogP contribution in [0.1, 0.15) is 97.4 Å². The number of hydrogen-bond donors (Lipinski definition) is 2. The average molecular weight is 645 g/mol. The van der Waals surface area contributed by atoms with Crippen LogP contribution in [-0.4, -0.2) is 52.3 Å². The first kappa shape index (κ1) is 35.7. The predicted molar refractivity (Wildman–Crippen MR) is 195 cm³/mol. The second-order valence-corrected chi connectivity index (χ2v) is 14.4. The molecule has 0 spiro atoms. The molecule has 2 aromatic carbocycles. The summed E-state index contributed by atoms with van der Waals surface area (Å²) >= 11 is 5.96. The molecule has 250 valence electrons. The monoisotopic (exact) mass is 644 g/mol. The third-order valence-corrected chi connectivity index (χ3v) is 9.90. The van der Waals surface area contributed by atoms with Crippen molar-refractivity contribution >= 4 is 23.2 Å². The normalized spacial score (nSPS) is 22.0. The number of aromatic nitrogens is 1. The van der Waals surface area contributed by atoms with Gasteiger partial charge in [-0.2, -0.15) is 0 Å². The summed E-state index contributed by atoms with van der Waals surface area (Å²) < 4.78 is 7.33. The maximum Gasteiger partial charge on any atom is 0.246 e. The number of carbonyl (C=O) groups excluding carboxylic acids is 1. The average Bonchev–Trinajstić information content (AvgIpc) is 3.64. The number of rotatable bonds is 8. The summed E-state index contributed by atoms with van der Waals surface area (Å²) in [4.78, 5) is 16.4. The summed E-state index contributed by atoms with van der Waals surface area (Å²) in [5.41, 5.74) is 4.31. The predicted octanol–water partition coefficient (Wildman–Crippen LogP) is 8.41. The van der Waals surface area contributed by atoms with Crippen LogP contribution in [0.25, 0.3) is 11.3 Å². The van der Waals surface area contributed by atoms with E-state index in [9.17, 15) is 4.79 Å². The van der Waals surface area contributed by atoms with Crippen molar-refractivity contribution in [2.24, 2.45) is 5.41 Å². The minimum absolute atomic E-state index is 0.123. The van der Waals surface area contributed by atoms with Gasteiger partial charge in [0.25, 0.3) is 0 Å². The summed E-state index contributed by atoms with van der Waals surface area (Å²) in [6.07, 6.45) is 6.48. The zero-order valence-corrected chi connectivity index (χ0v) is 30.0. The van der Waals surface area contributed by atoms with E-state index in [2.05, 4.69) is 121 Å². The quantitative estimate of drug-likeness (QED) is 0.241. The van der Waals surface area contributed by atoms with E-state index in [-0.39, 0.29) is 28.9 Å². The highest BCUT2D eigenvalue weighted by Crippen LogP contribution is 2.40. The highest BCUT2D eigenvalue weighted by molar-refractivity contribution is 7.80. The van der Waals surface area contributed by atoms with E-state index in [0.29, 0.717) is 5.11 Å². The Balaban J connectivity index is 0.000000892. The van der Waals surface area contributed by atoms with Gasteiger partial charge in [0.15, 0.2) is 5.11 Å². The molecule has 1 saturated carbocycles. The number of aryl methyl sites for hydroxylation is 1. The lowest BCUT2D eigenvalue weighted by Gasteiger charge is -2.42. The Labute approximate surface area is 283 Å². The van der Waals surface area contributed by atoms with E-state index < -0.39 is 6.04 Å². The molecule has 2 heterocycles. The Morgan fingerprint density at radius 1 is 0.957 bits per heavy atom. The van der Waals surface area contributed by atoms with E-state index in [0.717, 1.165) is 45.4 Å². The number of likely N-dealkylation sites (tertiary alicyclic amines) is 1. The van der Waals surface area contributed by atoms with Gasteiger partial charge in [0, 0.05) is 37.2 Å². The number of amides is 1. The molecule has 46 heavy (non-hydrogen) atoms. The van der Waals surface area contributed by atoms with Gasteiger partial charge in [-0.25, -0.2) is 0 Å². The van der Waals surface area contributed by atoms with E-state index >= 15 is 0 Å². The van der Waals surface area contributed by atoms with E-state index in [1.807, 2.05) is 19.9 Å². The van der Waals surface area contributed by atoms with Crippen LogP contribution in [-0.2, 0) is 15.1 Å². The number of ether oxygens (including phenoxy) is 1. The Bertz CT molecular complexity index is 1400. The van der Waals surface area contributed by atoms with Gasteiger partial charge in [-0.15, -0.1) is 0 Å². The van der Waals surface area contributed by atoms with Gasteiger partial charge in [-0.1, -0.05) is 94.3 Å². The van der Waals surface area contributed by atoms with Crippen LogP contribution in [0, 0.1) is 12.3 Å². The molecule has 1 aliphatic heterocycles. The van der Waals surface area contributed by atoms with Crippen LogP contribution >= 0.6 is 12.2 Å². The fourth-order valence-electron chi connectivity index (χ4n) is 7.19. The van der Waals surface area contributed by atoms with Gasteiger partial charge < -0.3 is 24.8 Å². The standard InChI is InChI=1S/C35H46N4OS.C4H10O/c1-25-21-22-29(26-15-8-6-9-16-26)39(25)30-20-13-12-19-28(30)36-33(41)37-31(34(2,3)4)32(40)38-24-14-23-35(38,5)27-17-10-7-11-18-27;1-3-5-4-2/h6-11,15-18,21-22,28,30-31H,12-14,19-20,23-24H2,1-5H3,(H2,36,37,41);3-4H2,1-2H3/t28-,30-,31-,35-;/m1./s1. The smallest absolute Gasteiger partial charge is 0.246 e. The molecule has 5 rings (SSSR count). The molecule has 1 aliphatic carbocycles. The number of nitrogens with zero attached hydrogens (tertiary/aromatic N) is 2. The van der Waals surface area contributed by atoms with Gasteiger partial charge in [0.2, 0.25) is 5.91 Å². The number of hydrogen-bond acceptors (Lipinski definition) is 3. The molecule has 4 atom stereocenters. The van der Waals surface area contributed by atoms with Gasteiger partial charge in [-0.3, -0.25) is 4.79 Å². The van der Waals surface area contributed by atoms with Gasteiger partial charge in [-0.05, 0) is 94.3 Å². The van der Waals surface area contributed by atoms with Crippen LogP contribution in [0.2, 0.25) is 0 Å². The summed E-state index contributed by atoms with van der Waals surface area (Å²) in [5, 5.41) is 7.78. The fourth-order valence-corrected chi connectivity index (χ4v) is 7.46. The Hall–Kier alpha value is -3.16. The van der Waals surface area contributed by atoms with Gasteiger partial charge in [0.1, 0.15) is 6.04 Å². The van der Waals surface area contributed by atoms with E-state index in [1.54, 1.807) is 0 Å². The van der Waals surface area contributed by atoms with Crippen molar-refractivity contribution < 1.29 is 9.53 Å². The van der Waals surface area contributed by atoms with Gasteiger partial charge >= 0.3 is 0 Å². The summed E-state index contributed by atoms with van der Waals surface area (Å²) in [7, 11) is 0. The molecule has 0 radical (unpaired) electrons. The largest absolute Gasteiger partial charge is 0.382 e. The fraction of sp³-hybridized carbons (Fsp3) is 0.538. The number of carbonyl (C=O) groups is 1. The SMILES string of the molecule is CCOCC.Cc1ccc(-c2ccccc2)n1[C@@H]1CCCC[C@H]1NC(=S)N[C@H](C(=O)N1CCC[C@]1(C)c1ccccc1)C(C)(C)C. The first-order chi connectivity index (χ1) is 22.0. The lowest BCUT2D eigenvalue weighted by Crippen LogP contribution is -2.60. The molecular formula is C39H56N4O2S. The maximum atomic E-state index is 14.3. The van der Waals surface area contributed by atoms with Crippen molar-refractivity contribution in [3.63, 3.8) is 0 Å². The first-order valence-electron chi connectivity index (χ1n) is 17.3. The lowest BCUT2D eigenvalue weighted by molar-refractivity contribution is -0.139. The van der Waals surface area contributed by atoms with Crippen LogP contribution in [0.15, 0.2) is 72.8 Å². The van der Waals surface area contributed by atoms with Crippen molar-refractivity contribution in [1.82, 2.24) is 20.1 Å². The molecule has 1 amide bonds. The number of thiocarbonyl (C=S) groups is 1. The van der Waals surface area contributed by atoms with Crippen molar-refractivity contribution in [3.05, 3.63) is 84.1 Å². The maximum absolute atomic E-state index is 14.3. The van der Waals surface area contributed by atoms with Crippen molar-refractivity contribution in [2.75, 3.05) is 19.8 Å². The molecule has 1 saturated heterocycles. The summed E-state index contributed by atoms with van der Waals surface area (Å²) in [6, 6.07) is 25.6. The second-order valence-electron chi connectivity index (χ2n) is 14.0. The molecule has 0 unspecified atom stereocenters. The Morgan fingerprint density at radius 3 is 2.20 bits per heavy atom. The Kier molecular flexibility index (Phi) is 12.5. The first-order valence-corrected chi connectivity index (χ1v) is 17.7. The molecular weight excluding hydrogens is 589 g/mol. The van der Waals surface area contributed by atoms with Crippen LogP contribution in [0.4, 0.5) is 0 Å². The van der Waals surface area contributed by atoms with E-state index in [4.69, 9.17) is 17.0 Å². The zero-order valence-electron chi connectivity index (χ0n) is 29.1.